The Balaban J connectivity index is 1.49. The number of hydrogen-bond donors (Lipinski definition) is 0. The molecule has 0 saturated carbocycles. The van der Waals surface area contributed by atoms with Crippen molar-refractivity contribution in [3.05, 3.63) is 106 Å². The Bertz CT molecular complexity index is 1380. The second-order valence-electron chi connectivity index (χ2n) is 10.7. The number of carbonyl (C=O) groups is 1. The van der Waals surface area contributed by atoms with Gasteiger partial charge in [0, 0.05) is 33.6 Å². The molecule has 218 valence electrons. The predicted molar refractivity (Wildman–Crippen MR) is 156 cm³/mol. The Morgan fingerprint density at radius 1 is 1.05 bits per heavy atom. The van der Waals surface area contributed by atoms with Crippen molar-refractivity contribution >= 4 is 17.7 Å². The summed E-state index contributed by atoms with van der Waals surface area (Å²) in [5, 5.41) is 0. The van der Waals surface area contributed by atoms with Gasteiger partial charge in [-0.05, 0) is 44.0 Å². The van der Waals surface area contributed by atoms with Crippen molar-refractivity contribution in [2.45, 2.75) is 58.6 Å². The lowest BCUT2D eigenvalue weighted by Crippen LogP contribution is -2.32. The van der Waals surface area contributed by atoms with Crippen LogP contribution in [0.15, 0.2) is 82.1 Å². The summed E-state index contributed by atoms with van der Waals surface area (Å²) >= 11 is 1.66. The molecular formula is C33H35F3O4S. The van der Waals surface area contributed by atoms with Crippen molar-refractivity contribution in [3.8, 4) is 11.3 Å². The molecule has 8 heteroatoms. The first-order chi connectivity index (χ1) is 19.4. The number of allylic oxidation sites excluding steroid dienone is 1. The lowest BCUT2D eigenvalue weighted by atomic mass is 9.83. The van der Waals surface area contributed by atoms with E-state index >= 15 is 0 Å². The predicted octanol–water partition coefficient (Wildman–Crippen LogP) is 8.72. The van der Waals surface area contributed by atoms with E-state index in [1.807, 2.05) is 25.1 Å². The van der Waals surface area contributed by atoms with Crippen molar-refractivity contribution in [1.82, 2.24) is 0 Å². The van der Waals surface area contributed by atoms with Crippen molar-refractivity contribution in [3.63, 3.8) is 0 Å². The highest BCUT2D eigenvalue weighted by molar-refractivity contribution is 8.02. The fourth-order valence-electron chi connectivity index (χ4n) is 4.59. The minimum absolute atomic E-state index is 0.102. The van der Waals surface area contributed by atoms with Crippen LogP contribution in [-0.2, 0) is 39.0 Å². The Morgan fingerprint density at radius 2 is 1.76 bits per heavy atom. The van der Waals surface area contributed by atoms with Gasteiger partial charge in [-0.1, -0.05) is 74.0 Å². The SMILES string of the molecule is CCOC(=O)COC1C=CC(SCc2cc(-c3ccc(C(F)(F)F)cc3)oc2CCc2ccc(C)cc2)=CC1(C)C. The van der Waals surface area contributed by atoms with E-state index in [0.717, 1.165) is 34.8 Å². The standard InChI is InChI=1S/C33H35F3O4S/c1-5-38-31(37)20-39-30-17-15-27(19-32(30,3)4)41-21-25-18-29(24-11-13-26(14-12-24)33(34,35)36)40-28(25)16-10-23-8-6-22(2)7-9-23/h6-9,11-15,17-19,30H,5,10,16,20-21H2,1-4H3. The van der Waals surface area contributed by atoms with Crippen LogP contribution in [0.3, 0.4) is 0 Å². The highest BCUT2D eigenvalue weighted by Crippen LogP contribution is 2.38. The summed E-state index contributed by atoms with van der Waals surface area (Å²) < 4.78 is 56.2. The minimum Gasteiger partial charge on any atom is -0.464 e. The van der Waals surface area contributed by atoms with Crippen molar-refractivity contribution < 1.29 is 31.9 Å². The molecule has 0 amide bonds. The van der Waals surface area contributed by atoms with Crippen LogP contribution in [0.5, 0.6) is 0 Å². The van der Waals surface area contributed by atoms with Gasteiger partial charge >= 0.3 is 12.1 Å². The summed E-state index contributed by atoms with van der Waals surface area (Å²) in [6.07, 6.45) is 2.90. The highest BCUT2D eigenvalue weighted by atomic mass is 32.2. The Kier molecular flexibility index (Phi) is 9.87. The molecule has 1 atom stereocenters. The number of rotatable bonds is 11. The van der Waals surface area contributed by atoms with E-state index < -0.39 is 11.7 Å². The number of esters is 1. The van der Waals surface area contributed by atoms with Gasteiger partial charge in [0.2, 0.25) is 0 Å². The van der Waals surface area contributed by atoms with Crippen LogP contribution in [0.2, 0.25) is 0 Å². The number of thioether (sulfide) groups is 1. The smallest absolute Gasteiger partial charge is 0.416 e. The summed E-state index contributed by atoms with van der Waals surface area (Å²) in [5.41, 5.74) is 2.97. The molecule has 0 spiro atoms. The molecule has 0 radical (unpaired) electrons. The Labute approximate surface area is 243 Å². The van der Waals surface area contributed by atoms with Gasteiger partial charge in [-0.15, -0.1) is 11.8 Å². The molecular weight excluding hydrogens is 549 g/mol. The lowest BCUT2D eigenvalue weighted by molar-refractivity contribution is -0.151. The molecule has 3 aromatic rings. The number of hydrogen-bond acceptors (Lipinski definition) is 5. The Morgan fingerprint density at radius 3 is 2.39 bits per heavy atom. The second kappa shape index (κ2) is 13.2. The maximum Gasteiger partial charge on any atom is 0.416 e. The summed E-state index contributed by atoms with van der Waals surface area (Å²) in [6.45, 7) is 8.13. The van der Waals surface area contributed by atoms with Gasteiger partial charge < -0.3 is 13.9 Å². The summed E-state index contributed by atoms with van der Waals surface area (Å²) in [4.78, 5) is 12.8. The number of furan rings is 1. The topological polar surface area (TPSA) is 48.7 Å². The number of ether oxygens (including phenoxy) is 2. The van der Waals surface area contributed by atoms with Gasteiger partial charge in [0.05, 0.1) is 18.3 Å². The zero-order valence-electron chi connectivity index (χ0n) is 23.7. The van der Waals surface area contributed by atoms with Crippen LogP contribution in [0, 0.1) is 12.3 Å². The molecule has 0 N–H and O–H groups in total. The average Bonchev–Trinajstić information content (AvgIpc) is 3.33. The molecule has 0 fully saturated rings. The molecule has 41 heavy (non-hydrogen) atoms. The molecule has 1 aromatic heterocycles. The Hall–Kier alpha value is -3.23. The van der Waals surface area contributed by atoms with E-state index in [2.05, 4.69) is 44.2 Å². The van der Waals surface area contributed by atoms with E-state index in [1.54, 1.807) is 18.7 Å². The van der Waals surface area contributed by atoms with Gasteiger partial charge in [-0.25, -0.2) is 4.79 Å². The normalized spacial score (nSPS) is 16.5. The molecule has 1 aliphatic carbocycles. The summed E-state index contributed by atoms with van der Waals surface area (Å²) in [5.74, 6) is 1.62. The van der Waals surface area contributed by atoms with E-state index in [1.165, 1.54) is 23.3 Å². The highest BCUT2D eigenvalue weighted by Gasteiger charge is 2.31. The summed E-state index contributed by atoms with van der Waals surface area (Å²) in [6, 6.07) is 15.4. The third-order valence-corrected chi connectivity index (χ3v) is 7.96. The zero-order valence-corrected chi connectivity index (χ0v) is 24.5. The fourth-order valence-corrected chi connectivity index (χ4v) is 5.72. The average molecular weight is 585 g/mol. The number of aryl methyl sites for hydroxylation is 3. The molecule has 1 heterocycles. The number of halogens is 3. The van der Waals surface area contributed by atoms with Gasteiger partial charge in [0.1, 0.15) is 18.1 Å². The first-order valence-electron chi connectivity index (χ1n) is 13.6. The van der Waals surface area contributed by atoms with Crippen LogP contribution in [0.4, 0.5) is 13.2 Å². The van der Waals surface area contributed by atoms with Crippen molar-refractivity contribution in [2.75, 3.05) is 13.2 Å². The van der Waals surface area contributed by atoms with Crippen LogP contribution < -0.4 is 0 Å². The molecule has 0 bridgehead atoms. The maximum absolute atomic E-state index is 13.1. The second-order valence-corrected chi connectivity index (χ2v) is 11.7. The number of alkyl halides is 3. The van der Waals surface area contributed by atoms with Crippen LogP contribution in [0.1, 0.15) is 48.8 Å². The molecule has 1 unspecified atom stereocenters. The molecule has 0 saturated heterocycles. The lowest BCUT2D eigenvalue weighted by Gasteiger charge is -2.32. The largest absolute Gasteiger partial charge is 0.464 e. The van der Waals surface area contributed by atoms with Crippen LogP contribution in [0.25, 0.3) is 11.3 Å². The van der Waals surface area contributed by atoms with Gasteiger partial charge in [0.25, 0.3) is 0 Å². The van der Waals surface area contributed by atoms with E-state index in [9.17, 15) is 18.0 Å². The van der Waals surface area contributed by atoms with Crippen molar-refractivity contribution in [1.29, 1.82) is 0 Å². The molecule has 4 rings (SSSR count). The first-order valence-corrected chi connectivity index (χ1v) is 14.6. The van der Waals surface area contributed by atoms with Crippen molar-refractivity contribution in [2.24, 2.45) is 5.41 Å². The van der Waals surface area contributed by atoms with Crippen LogP contribution >= 0.6 is 11.8 Å². The quantitative estimate of drug-likeness (QED) is 0.211. The third-order valence-electron chi connectivity index (χ3n) is 6.92. The molecule has 0 aliphatic heterocycles. The zero-order chi connectivity index (χ0) is 29.6. The molecule has 2 aromatic carbocycles. The van der Waals surface area contributed by atoms with Gasteiger partial charge in [0.15, 0.2) is 0 Å². The number of benzene rings is 2. The molecule has 4 nitrogen and oxygen atoms in total. The van der Waals surface area contributed by atoms with E-state index in [4.69, 9.17) is 13.9 Å². The third kappa shape index (κ3) is 8.39. The fraction of sp³-hybridized carbons (Fsp3) is 0.364. The van der Waals surface area contributed by atoms with Gasteiger partial charge in [-0.2, -0.15) is 13.2 Å². The minimum atomic E-state index is -4.39. The van der Waals surface area contributed by atoms with E-state index in [0.29, 0.717) is 30.1 Å². The monoisotopic (exact) mass is 584 g/mol. The van der Waals surface area contributed by atoms with Crippen LogP contribution in [-0.4, -0.2) is 25.3 Å². The summed E-state index contributed by atoms with van der Waals surface area (Å²) in [7, 11) is 0. The molecule has 1 aliphatic rings. The number of carbonyl (C=O) groups excluding carboxylic acids is 1. The maximum atomic E-state index is 13.1. The van der Waals surface area contributed by atoms with E-state index in [-0.39, 0.29) is 24.1 Å². The first kappa shape index (κ1) is 30.7. The van der Waals surface area contributed by atoms with Gasteiger partial charge in [-0.3, -0.25) is 0 Å².